The van der Waals surface area contributed by atoms with E-state index in [0.29, 0.717) is 6.10 Å². The molecule has 2 heteroatoms. The molecule has 4 aliphatic rings. The molecule has 1 saturated heterocycles. The third-order valence-corrected chi connectivity index (χ3v) is 4.50. The Morgan fingerprint density at radius 2 is 1.88 bits per heavy atom. The average Bonchev–Trinajstić information content (AvgIpc) is 3.22. The van der Waals surface area contributed by atoms with Crippen LogP contribution in [0, 0.1) is 0 Å². The molecule has 0 amide bonds. The van der Waals surface area contributed by atoms with E-state index >= 15 is 0 Å². The first-order valence-electron chi connectivity index (χ1n) is 6.79. The summed E-state index contributed by atoms with van der Waals surface area (Å²) in [7, 11) is 0. The standard InChI is InChI=1S/C15H18O2/c1-2-13-10-4-6-11(7-5-10)15(13)14(3-1)17-9-12-8-16-12/h1-3,10-12H,4-9H2. The van der Waals surface area contributed by atoms with Gasteiger partial charge in [-0.3, -0.25) is 0 Å². The van der Waals surface area contributed by atoms with Gasteiger partial charge < -0.3 is 9.47 Å². The molecule has 1 aromatic rings. The lowest BCUT2D eigenvalue weighted by Crippen LogP contribution is -2.22. The van der Waals surface area contributed by atoms with Crippen molar-refractivity contribution >= 4 is 0 Å². The van der Waals surface area contributed by atoms with Crippen molar-refractivity contribution in [1.82, 2.24) is 0 Å². The lowest BCUT2D eigenvalue weighted by molar-refractivity contribution is 0.253. The number of hydrogen-bond acceptors (Lipinski definition) is 2. The molecule has 3 aliphatic carbocycles. The lowest BCUT2D eigenvalue weighted by Gasteiger charge is -2.39. The average molecular weight is 230 g/mol. The van der Waals surface area contributed by atoms with Gasteiger partial charge in [0.2, 0.25) is 0 Å². The number of ether oxygens (including phenoxy) is 2. The molecule has 1 heterocycles. The monoisotopic (exact) mass is 230 g/mol. The zero-order valence-electron chi connectivity index (χ0n) is 10.0. The van der Waals surface area contributed by atoms with Crippen LogP contribution < -0.4 is 4.74 Å². The summed E-state index contributed by atoms with van der Waals surface area (Å²) in [5, 5.41) is 0. The second kappa shape index (κ2) is 3.74. The Labute approximate surface area is 102 Å². The van der Waals surface area contributed by atoms with Crippen molar-refractivity contribution in [3.05, 3.63) is 29.3 Å². The maximum atomic E-state index is 5.96. The molecule has 1 atom stereocenters. The van der Waals surface area contributed by atoms with E-state index in [4.69, 9.17) is 9.47 Å². The van der Waals surface area contributed by atoms with Crippen LogP contribution in [-0.4, -0.2) is 19.3 Å². The number of epoxide rings is 1. The Balaban J connectivity index is 1.68. The molecule has 2 fully saturated rings. The number of rotatable bonds is 3. The van der Waals surface area contributed by atoms with E-state index in [-0.39, 0.29) is 0 Å². The molecule has 90 valence electrons. The molecule has 17 heavy (non-hydrogen) atoms. The van der Waals surface area contributed by atoms with E-state index in [1.807, 2.05) is 0 Å². The fourth-order valence-electron chi connectivity index (χ4n) is 3.52. The molecule has 0 aromatic heterocycles. The number of fused-ring (bicyclic) bond motifs is 2. The van der Waals surface area contributed by atoms with Crippen molar-refractivity contribution in [2.45, 2.75) is 43.6 Å². The van der Waals surface area contributed by atoms with Gasteiger partial charge in [-0.15, -0.1) is 0 Å². The van der Waals surface area contributed by atoms with Crippen molar-refractivity contribution in [3.63, 3.8) is 0 Å². The van der Waals surface area contributed by atoms with Crippen LogP contribution in [0.15, 0.2) is 18.2 Å². The van der Waals surface area contributed by atoms with Crippen LogP contribution in [0.3, 0.4) is 0 Å². The zero-order chi connectivity index (χ0) is 11.2. The van der Waals surface area contributed by atoms with Gasteiger partial charge in [-0.05, 0) is 49.1 Å². The minimum absolute atomic E-state index is 0.353. The first kappa shape index (κ1) is 9.95. The van der Waals surface area contributed by atoms with Crippen LogP contribution in [0.5, 0.6) is 5.75 Å². The van der Waals surface area contributed by atoms with Crippen molar-refractivity contribution < 1.29 is 9.47 Å². The molecule has 2 nitrogen and oxygen atoms in total. The third-order valence-electron chi connectivity index (χ3n) is 4.50. The normalized spacial score (nSPS) is 33.3. The Kier molecular flexibility index (Phi) is 2.19. The molecule has 1 saturated carbocycles. The molecular formula is C15H18O2. The largest absolute Gasteiger partial charge is 0.490 e. The predicted octanol–water partition coefficient (Wildman–Crippen LogP) is 3.22. The van der Waals surface area contributed by atoms with E-state index < -0.39 is 0 Å². The van der Waals surface area contributed by atoms with Crippen LogP contribution in [0.1, 0.15) is 48.6 Å². The van der Waals surface area contributed by atoms with Crippen molar-refractivity contribution in [3.8, 4) is 5.75 Å². The van der Waals surface area contributed by atoms with Crippen LogP contribution >= 0.6 is 0 Å². The maximum Gasteiger partial charge on any atom is 0.123 e. The van der Waals surface area contributed by atoms with Gasteiger partial charge in [0, 0.05) is 5.56 Å². The fraction of sp³-hybridized carbons (Fsp3) is 0.600. The van der Waals surface area contributed by atoms with Gasteiger partial charge in [0.05, 0.1) is 6.61 Å². The van der Waals surface area contributed by atoms with Crippen molar-refractivity contribution in [2.24, 2.45) is 0 Å². The van der Waals surface area contributed by atoms with Gasteiger partial charge in [0.1, 0.15) is 18.5 Å². The minimum Gasteiger partial charge on any atom is -0.490 e. The van der Waals surface area contributed by atoms with Gasteiger partial charge >= 0.3 is 0 Å². The summed E-state index contributed by atoms with van der Waals surface area (Å²) in [6.45, 7) is 1.61. The maximum absolute atomic E-state index is 5.96. The van der Waals surface area contributed by atoms with Gasteiger partial charge in [-0.2, -0.15) is 0 Å². The summed E-state index contributed by atoms with van der Waals surface area (Å²) in [6, 6.07) is 6.61. The smallest absolute Gasteiger partial charge is 0.123 e. The Morgan fingerprint density at radius 3 is 2.65 bits per heavy atom. The van der Waals surface area contributed by atoms with E-state index in [0.717, 1.165) is 30.8 Å². The van der Waals surface area contributed by atoms with E-state index in [1.165, 1.54) is 31.2 Å². The lowest BCUT2D eigenvalue weighted by atomic mass is 9.67. The van der Waals surface area contributed by atoms with Crippen LogP contribution in [0.2, 0.25) is 0 Å². The molecule has 0 N–H and O–H groups in total. The summed E-state index contributed by atoms with van der Waals surface area (Å²) in [6.07, 6.45) is 5.84. The molecule has 0 spiro atoms. The number of hydrogen-bond donors (Lipinski definition) is 0. The van der Waals surface area contributed by atoms with Crippen LogP contribution in [-0.2, 0) is 4.74 Å². The quantitative estimate of drug-likeness (QED) is 0.744. The van der Waals surface area contributed by atoms with E-state index in [2.05, 4.69) is 18.2 Å². The molecule has 1 aromatic carbocycles. The van der Waals surface area contributed by atoms with Gasteiger partial charge in [0.25, 0.3) is 0 Å². The van der Waals surface area contributed by atoms with E-state index in [1.54, 1.807) is 5.56 Å². The number of benzene rings is 1. The molecule has 1 unspecified atom stereocenters. The van der Waals surface area contributed by atoms with Crippen LogP contribution in [0.25, 0.3) is 0 Å². The topological polar surface area (TPSA) is 21.8 Å². The second-order valence-corrected chi connectivity index (χ2v) is 5.57. The SMILES string of the molecule is c1cc(OCC2CO2)c2c(c1)C1CCC2CC1. The Morgan fingerprint density at radius 1 is 1.12 bits per heavy atom. The van der Waals surface area contributed by atoms with Gasteiger partial charge in [0.15, 0.2) is 0 Å². The first-order valence-corrected chi connectivity index (χ1v) is 6.79. The Hall–Kier alpha value is -1.02. The van der Waals surface area contributed by atoms with Crippen molar-refractivity contribution in [2.75, 3.05) is 13.2 Å². The molecular weight excluding hydrogens is 212 g/mol. The highest BCUT2D eigenvalue weighted by atomic mass is 16.6. The van der Waals surface area contributed by atoms with E-state index in [9.17, 15) is 0 Å². The third kappa shape index (κ3) is 1.66. The summed E-state index contributed by atoms with van der Waals surface area (Å²) in [4.78, 5) is 0. The summed E-state index contributed by atoms with van der Waals surface area (Å²) in [5.41, 5.74) is 3.09. The van der Waals surface area contributed by atoms with Crippen molar-refractivity contribution in [1.29, 1.82) is 0 Å². The molecule has 0 radical (unpaired) electrons. The zero-order valence-corrected chi connectivity index (χ0v) is 10.0. The molecule has 1 aliphatic heterocycles. The summed E-state index contributed by atoms with van der Waals surface area (Å²) < 4.78 is 11.2. The fourth-order valence-corrected chi connectivity index (χ4v) is 3.52. The molecule has 5 rings (SSSR count). The Bertz CT molecular complexity index is 429. The van der Waals surface area contributed by atoms with Crippen LogP contribution in [0.4, 0.5) is 0 Å². The summed E-state index contributed by atoms with van der Waals surface area (Å²) in [5.74, 6) is 2.69. The highest BCUT2D eigenvalue weighted by Crippen LogP contribution is 2.52. The summed E-state index contributed by atoms with van der Waals surface area (Å²) >= 11 is 0. The first-order chi connectivity index (χ1) is 8.42. The second-order valence-electron chi connectivity index (χ2n) is 5.57. The van der Waals surface area contributed by atoms with Gasteiger partial charge in [-0.1, -0.05) is 12.1 Å². The van der Waals surface area contributed by atoms with Gasteiger partial charge in [-0.25, -0.2) is 0 Å². The predicted molar refractivity (Wildman–Crippen MR) is 65.6 cm³/mol. The highest BCUT2D eigenvalue weighted by molar-refractivity contribution is 5.47. The molecule has 2 bridgehead atoms. The minimum atomic E-state index is 0.353. The highest BCUT2D eigenvalue weighted by Gasteiger charge is 2.35.